The average Bonchev–Trinajstić information content (AvgIpc) is 2.74. The summed E-state index contributed by atoms with van der Waals surface area (Å²) in [4.78, 5) is 30.2. The van der Waals surface area contributed by atoms with E-state index in [1.807, 2.05) is 36.4 Å². The number of aromatic carboxylic acids is 1. The van der Waals surface area contributed by atoms with Crippen LogP contribution < -0.4 is 4.90 Å². The maximum Gasteiger partial charge on any atom is 0.337 e. The van der Waals surface area contributed by atoms with Crippen LogP contribution in [-0.4, -0.2) is 67.1 Å². The largest absolute Gasteiger partial charge is 0.478 e. The minimum Gasteiger partial charge on any atom is -0.478 e. The van der Waals surface area contributed by atoms with Crippen LogP contribution in [0.2, 0.25) is 0 Å². The van der Waals surface area contributed by atoms with Gasteiger partial charge in [0.2, 0.25) is 5.91 Å². The fraction of sp³-hybridized carbons (Fsp3) is 0.318. The molecule has 1 amide bonds. The number of carboxylic acid groups (broad SMARTS) is 1. The Balaban J connectivity index is 1.78. The van der Waals surface area contributed by atoms with Gasteiger partial charge in [-0.1, -0.05) is 30.3 Å². The van der Waals surface area contributed by atoms with E-state index in [4.69, 9.17) is 5.26 Å². The van der Waals surface area contributed by atoms with E-state index in [0.29, 0.717) is 26.2 Å². The number of carboxylic acids is 1. The third-order valence-electron chi connectivity index (χ3n) is 5.19. The van der Waals surface area contributed by atoms with Gasteiger partial charge in [0.25, 0.3) is 0 Å². The van der Waals surface area contributed by atoms with Crippen molar-refractivity contribution in [3.63, 3.8) is 0 Å². The van der Waals surface area contributed by atoms with Gasteiger partial charge in [-0.3, -0.25) is 9.69 Å². The van der Waals surface area contributed by atoms with Crippen LogP contribution in [0.1, 0.15) is 27.5 Å². The first-order valence-corrected chi connectivity index (χ1v) is 9.45. The first-order chi connectivity index (χ1) is 13.9. The summed E-state index contributed by atoms with van der Waals surface area (Å²) in [6.07, 6.45) is 0. The van der Waals surface area contributed by atoms with E-state index in [9.17, 15) is 14.7 Å². The molecule has 29 heavy (non-hydrogen) atoms. The SMILES string of the molecule is CN(C)C(=O)C(c1ccccc1)N1CCN(c2ccc(C#N)c(C(=O)O)c2)CC1. The molecule has 0 saturated carbocycles. The van der Waals surface area contributed by atoms with Crippen LogP contribution in [0, 0.1) is 11.3 Å². The summed E-state index contributed by atoms with van der Waals surface area (Å²) in [5, 5.41) is 18.5. The Labute approximate surface area is 170 Å². The molecule has 1 saturated heterocycles. The van der Waals surface area contributed by atoms with E-state index < -0.39 is 5.97 Å². The molecule has 0 spiro atoms. The Morgan fingerprint density at radius 3 is 2.28 bits per heavy atom. The molecular formula is C22H24N4O3. The predicted octanol–water partition coefficient (Wildman–Crippen LogP) is 2.21. The van der Waals surface area contributed by atoms with Crippen molar-refractivity contribution in [2.45, 2.75) is 6.04 Å². The van der Waals surface area contributed by atoms with E-state index in [0.717, 1.165) is 11.3 Å². The maximum absolute atomic E-state index is 12.9. The second kappa shape index (κ2) is 8.76. The van der Waals surface area contributed by atoms with Crippen LogP contribution in [0.25, 0.3) is 0 Å². The van der Waals surface area contributed by atoms with Crippen molar-refractivity contribution < 1.29 is 14.7 Å². The molecule has 0 bridgehead atoms. The molecule has 0 aliphatic carbocycles. The normalized spacial score (nSPS) is 15.4. The standard InChI is InChI=1S/C22H24N4O3/c1-24(2)21(27)20(16-6-4-3-5-7-16)26-12-10-25(11-13-26)18-9-8-17(15-23)19(14-18)22(28)29/h3-9,14,20H,10-13H2,1-2H3,(H,28,29). The number of likely N-dealkylation sites (N-methyl/N-ethyl adjacent to an activating group) is 1. The van der Waals surface area contributed by atoms with Crippen LogP contribution in [-0.2, 0) is 4.79 Å². The molecule has 0 radical (unpaired) electrons. The number of hydrogen-bond acceptors (Lipinski definition) is 5. The predicted molar refractivity (Wildman–Crippen MR) is 110 cm³/mol. The highest BCUT2D eigenvalue weighted by molar-refractivity contribution is 5.92. The van der Waals surface area contributed by atoms with Crippen molar-refractivity contribution >= 4 is 17.6 Å². The summed E-state index contributed by atoms with van der Waals surface area (Å²) in [6, 6.07) is 16.2. The summed E-state index contributed by atoms with van der Waals surface area (Å²) in [7, 11) is 3.53. The van der Waals surface area contributed by atoms with Gasteiger partial charge in [-0.2, -0.15) is 5.26 Å². The highest BCUT2D eigenvalue weighted by Gasteiger charge is 2.31. The number of piperazine rings is 1. The molecule has 7 heteroatoms. The van der Waals surface area contributed by atoms with Crippen molar-refractivity contribution in [3.8, 4) is 6.07 Å². The third-order valence-corrected chi connectivity index (χ3v) is 5.19. The van der Waals surface area contributed by atoms with E-state index >= 15 is 0 Å². The number of rotatable bonds is 5. The fourth-order valence-corrected chi connectivity index (χ4v) is 3.63. The molecule has 2 aromatic carbocycles. The summed E-state index contributed by atoms with van der Waals surface area (Å²) >= 11 is 0. The van der Waals surface area contributed by atoms with E-state index in [2.05, 4.69) is 9.80 Å². The first-order valence-electron chi connectivity index (χ1n) is 9.45. The van der Waals surface area contributed by atoms with Crippen LogP contribution in [0.3, 0.4) is 0 Å². The van der Waals surface area contributed by atoms with Gasteiger partial charge >= 0.3 is 5.97 Å². The van der Waals surface area contributed by atoms with Gasteiger partial charge < -0.3 is 14.9 Å². The number of hydrogen-bond donors (Lipinski definition) is 1. The van der Waals surface area contributed by atoms with Gasteiger partial charge in [0.05, 0.1) is 11.1 Å². The van der Waals surface area contributed by atoms with Crippen LogP contribution in [0.5, 0.6) is 0 Å². The van der Waals surface area contributed by atoms with Gasteiger partial charge in [-0.05, 0) is 23.8 Å². The number of carbonyl (C=O) groups excluding carboxylic acids is 1. The minimum absolute atomic E-state index is 0.0115. The molecule has 7 nitrogen and oxygen atoms in total. The van der Waals surface area contributed by atoms with Crippen LogP contribution in [0.4, 0.5) is 5.69 Å². The Kier molecular flexibility index (Phi) is 6.15. The fourth-order valence-electron chi connectivity index (χ4n) is 3.63. The summed E-state index contributed by atoms with van der Waals surface area (Å²) in [5.41, 5.74) is 1.90. The maximum atomic E-state index is 12.9. The van der Waals surface area contributed by atoms with Crippen LogP contribution >= 0.6 is 0 Å². The summed E-state index contributed by atoms with van der Waals surface area (Å²) < 4.78 is 0. The topological polar surface area (TPSA) is 87.9 Å². The lowest BCUT2D eigenvalue weighted by atomic mass is 10.0. The lowest BCUT2D eigenvalue weighted by molar-refractivity contribution is -0.134. The van der Waals surface area contributed by atoms with Gasteiger partial charge in [-0.15, -0.1) is 0 Å². The number of nitrogens with zero attached hydrogens (tertiary/aromatic N) is 4. The van der Waals surface area contributed by atoms with Crippen molar-refractivity contribution in [1.82, 2.24) is 9.80 Å². The second-order valence-corrected chi connectivity index (χ2v) is 7.22. The molecular weight excluding hydrogens is 368 g/mol. The average molecular weight is 392 g/mol. The minimum atomic E-state index is -1.11. The lowest BCUT2D eigenvalue weighted by Gasteiger charge is -2.40. The molecule has 1 heterocycles. The van der Waals surface area contributed by atoms with Gasteiger partial charge in [-0.25, -0.2) is 4.79 Å². The zero-order valence-electron chi connectivity index (χ0n) is 16.6. The smallest absolute Gasteiger partial charge is 0.337 e. The molecule has 1 aliphatic heterocycles. The second-order valence-electron chi connectivity index (χ2n) is 7.22. The zero-order chi connectivity index (χ0) is 21.0. The monoisotopic (exact) mass is 392 g/mol. The van der Waals surface area contributed by atoms with Crippen molar-refractivity contribution in [2.24, 2.45) is 0 Å². The van der Waals surface area contributed by atoms with Crippen molar-refractivity contribution in [3.05, 3.63) is 65.2 Å². The molecule has 1 aliphatic rings. The molecule has 1 atom stereocenters. The zero-order valence-corrected chi connectivity index (χ0v) is 16.6. The van der Waals surface area contributed by atoms with E-state index in [1.54, 1.807) is 37.2 Å². The van der Waals surface area contributed by atoms with Gasteiger partial charge in [0, 0.05) is 46.0 Å². The molecule has 3 rings (SSSR count). The van der Waals surface area contributed by atoms with Crippen molar-refractivity contribution in [2.75, 3.05) is 45.2 Å². The Morgan fingerprint density at radius 1 is 1.07 bits per heavy atom. The molecule has 2 aromatic rings. The Morgan fingerprint density at radius 2 is 1.72 bits per heavy atom. The van der Waals surface area contributed by atoms with Gasteiger partial charge in [0.15, 0.2) is 0 Å². The molecule has 0 aromatic heterocycles. The number of carbonyl (C=O) groups is 2. The number of benzene rings is 2. The molecule has 1 fully saturated rings. The number of anilines is 1. The van der Waals surface area contributed by atoms with Gasteiger partial charge in [0.1, 0.15) is 12.1 Å². The molecule has 1 N–H and O–H groups in total. The first kappa shape index (κ1) is 20.4. The Hall–Kier alpha value is -3.37. The molecule has 1 unspecified atom stereocenters. The van der Waals surface area contributed by atoms with Crippen LogP contribution in [0.15, 0.2) is 48.5 Å². The lowest BCUT2D eigenvalue weighted by Crippen LogP contribution is -2.51. The molecule has 150 valence electrons. The Bertz CT molecular complexity index is 929. The quantitative estimate of drug-likeness (QED) is 0.839. The third kappa shape index (κ3) is 4.39. The summed E-state index contributed by atoms with van der Waals surface area (Å²) in [5.74, 6) is -1.07. The number of nitriles is 1. The number of amides is 1. The highest BCUT2D eigenvalue weighted by Crippen LogP contribution is 2.26. The van der Waals surface area contributed by atoms with E-state index in [-0.39, 0.29) is 23.1 Å². The highest BCUT2D eigenvalue weighted by atomic mass is 16.4. The summed E-state index contributed by atoms with van der Waals surface area (Å²) in [6.45, 7) is 2.66. The van der Waals surface area contributed by atoms with Crippen molar-refractivity contribution in [1.29, 1.82) is 5.26 Å². The van der Waals surface area contributed by atoms with E-state index in [1.165, 1.54) is 0 Å².